The van der Waals surface area contributed by atoms with E-state index in [1.54, 1.807) is 13.2 Å². The number of oxazole rings is 1. The van der Waals surface area contributed by atoms with Gasteiger partial charge in [0.2, 0.25) is 5.89 Å². The molecule has 2 aromatic rings. The van der Waals surface area contributed by atoms with Crippen LogP contribution in [0.25, 0.3) is 0 Å². The van der Waals surface area contributed by atoms with E-state index in [1.165, 1.54) is 11.3 Å². The number of hydrogen-bond acceptors (Lipinski definition) is 4. The molecule has 25 heavy (non-hydrogen) atoms. The van der Waals surface area contributed by atoms with Crippen LogP contribution in [0.15, 0.2) is 15.6 Å². The Morgan fingerprint density at radius 1 is 1.28 bits per heavy atom. The minimum absolute atomic E-state index is 0.0371. The van der Waals surface area contributed by atoms with Crippen LogP contribution in [0.4, 0.5) is 0 Å². The van der Waals surface area contributed by atoms with E-state index in [9.17, 15) is 0 Å². The molecule has 0 saturated heterocycles. The third-order valence-electron chi connectivity index (χ3n) is 4.25. The van der Waals surface area contributed by atoms with E-state index < -0.39 is 0 Å². The number of aliphatic imine (C=N–C) groups is 1. The van der Waals surface area contributed by atoms with Crippen molar-refractivity contribution < 1.29 is 4.42 Å². The number of nitrogens with zero attached hydrogens (tertiary/aromatic N) is 4. The molecule has 7 nitrogen and oxygen atoms in total. The summed E-state index contributed by atoms with van der Waals surface area (Å²) in [6.45, 7) is 11.7. The largest absolute Gasteiger partial charge is 0.443 e. The molecule has 0 aromatic carbocycles. The predicted molar refractivity (Wildman–Crippen MR) is 99.8 cm³/mol. The van der Waals surface area contributed by atoms with Crippen LogP contribution in [0, 0.1) is 13.8 Å². The molecule has 0 aliphatic rings. The third kappa shape index (κ3) is 4.84. The van der Waals surface area contributed by atoms with Gasteiger partial charge in [0, 0.05) is 31.7 Å². The summed E-state index contributed by atoms with van der Waals surface area (Å²) < 4.78 is 7.71. The monoisotopic (exact) mass is 346 g/mol. The Kier molecular flexibility index (Phi) is 5.87. The lowest BCUT2D eigenvalue weighted by Gasteiger charge is -2.13. The Balaban J connectivity index is 1.84. The van der Waals surface area contributed by atoms with E-state index in [2.05, 4.69) is 53.4 Å². The number of nitrogens with one attached hydrogen (secondary N) is 2. The summed E-state index contributed by atoms with van der Waals surface area (Å²) in [5.41, 5.74) is 3.54. The maximum atomic E-state index is 5.78. The fourth-order valence-electron chi connectivity index (χ4n) is 2.60. The van der Waals surface area contributed by atoms with Crippen molar-refractivity contribution in [3.8, 4) is 0 Å². The lowest BCUT2D eigenvalue weighted by molar-refractivity contribution is 0.379. The molecular weight excluding hydrogens is 316 g/mol. The van der Waals surface area contributed by atoms with Crippen molar-refractivity contribution in [3.63, 3.8) is 0 Å². The normalized spacial score (nSPS) is 12.5. The van der Waals surface area contributed by atoms with E-state index >= 15 is 0 Å². The molecule has 2 N–H and O–H groups in total. The predicted octanol–water partition coefficient (Wildman–Crippen LogP) is 2.23. The van der Waals surface area contributed by atoms with Gasteiger partial charge in [0.1, 0.15) is 5.76 Å². The van der Waals surface area contributed by atoms with Crippen LogP contribution in [-0.2, 0) is 25.4 Å². The summed E-state index contributed by atoms with van der Waals surface area (Å²) in [6.07, 6.45) is 2.69. The van der Waals surface area contributed by atoms with Crippen LogP contribution >= 0.6 is 0 Å². The summed E-state index contributed by atoms with van der Waals surface area (Å²) in [6, 6.07) is 0. The van der Waals surface area contributed by atoms with Crippen LogP contribution in [-0.4, -0.2) is 34.3 Å². The molecule has 7 heteroatoms. The average molecular weight is 346 g/mol. The number of aromatic nitrogens is 3. The van der Waals surface area contributed by atoms with Crippen LogP contribution in [0.5, 0.6) is 0 Å². The zero-order valence-corrected chi connectivity index (χ0v) is 16.4. The first-order chi connectivity index (χ1) is 11.7. The SMILES string of the molecule is CN=C(NCCc1c(C)nn(C)c1C)NCc1ncc(C(C)(C)C)o1. The summed E-state index contributed by atoms with van der Waals surface area (Å²) >= 11 is 0. The highest BCUT2D eigenvalue weighted by molar-refractivity contribution is 5.79. The zero-order chi connectivity index (χ0) is 18.6. The van der Waals surface area contributed by atoms with Gasteiger partial charge >= 0.3 is 0 Å². The highest BCUT2D eigenvalue weighted by Gasteiger charge is 2.19. The Bertz CT molecular complexity index is 735. The number of hydrogen-bond donors (Lipinski definition) is 2. The zero-order valence-electron chi connectivity index (χ0n) is 16.4. The topological polar surface area (TPSA) is 80.3 Å². The van der Waals surface area contributed by atoms with Crippen LogP contribution in [0.2, 0.25) is 0 Å². The molecule has 0 spiro atoms. The fraction of sp³-hybridized carbons (Fsp3) is 0.611. The molecule has 2 rings (SSSR count). The first-order valence-corrected chi connectivity index (χ1v) is 8.61. The lowest BCUT2D eigenvalue weighted by atomic mass is 9.94. The van der Waals surface area contributed by atoms with Gasteiger partial charge in [-0.15, -0.1) is 0 Å². The van der Waals surface area contributed by atoms with Crippen molar-refractivity contribution in [1.82, 2.24) is 25.4 Å². The van der Waals surface area contributed by atoms with Crippen molar-refractivity contribution in [3.05, 3.63) is 34.8 Å². The standard InChI is InChI=1S/C18H30N6O/c1-12-14(13(2)24(7)23-12)8-9-20-17(19-6)22-11-16-21-10-15(25-16)18(3,4)5/h10H,8-9,11H2,1-7H3,(H2,19,20,22). The Morgan fingerprint density at radius 2 is 2.00 bits per heavy atom. The third-order valence-corrected chi connectivity index (χ3v) is 4.25. The second kappa shape index (κ2) is 7.72. The Morgan fingerprint density at radius 3 is 2.52 bits per heavy atom. The first kappa shape index (κ1) is 19.0. The molecule has 0 radical (unpaired) electrons. The van der Waals surface area contributed by atoms with Gasteiger partial charge in [-0.1, -0.05) is 20.8 Å². The quantitative estimate of drug-likeness (QED) is 0.641. The van der Waals surface area contributed by atoms with Gasteiger partial charge in [-0.2, -0.15) is 5.10 Å². The second-order valence-electron chi connectivity index (χ2n) is 7.24. The molecular formula is C18H30N6O. The molecule has 0 atom stereocenters. The van der Waals surface area contributed by atoms with E-state index in [0.717, 1.165) is 30.4 Å². The smallest absolute Gasteiger partial charge is 0.213 e. The van der Waals surface area contributed by atoms with Gasteiger partial charge in [-0.3, -0.25) is 9.67 Å². The number of guanidine groups is 1. The van der Waals surface area contributed by atoms with Crippen LogP contribution in [0.3, 0.4) is 0 Å². The summed E-state index contributed by atoms with van der Waals surface area (Å²) in [5.74, 6) is 2.27. The van der Waals surface area contributed by atoms with E-state index in [4.69, 9.17) is 4.42 Å². The van der Waals surface area contributed by atoms with Gasteiger partial charge in [-0.25, -0.2) is 4.98 Å². The fourth-order valence-corrected chi connectivity index (χ4v) is 2.60. The van der Waals surface area contributed by atoms with E-state index in [1.807, 2.05) is 18.7 Å². The molecule has 0 amide bonds. The van der Waals surface area contributed by atoms with Crippen molar-refractivity contribution in [2.24, 2.45) is 12.0 Å². The molecule has 138 valence electrons. The van der Waals surface area contributed by atoms with Crippen LogP contribution < -0.4 is 10.6 Å². The molecule has 0 unspecified atom stereocenters. The van der Waals surface area contributed by atoms with Gasteiger partial charge < -0.3 is 15.1 Å². The Labute approximate surface area is 149 Å². The highest BCUT2D eigenvalue weighted by Crippen LogP contribution is 2.22. The van der Waals surface area contributed by atoms with Gasteiger partial charge in [0.05, 0.1) is 18.4 Å². The van der Waals surface area contributed by atoms with E-state index in [0.29, 0.717) is 12.4 Å². The summed E-state index contributed by atoms with van der Waals surface area (Å²) in [5, 5.41) is 11.0. The maximum Gasteiger partial charge on any atom is 0.213 e. The van der Waals surface area contributed by atoms with Gasteiger partial charge in [0.25, 0.3) is 0 Å². The molecule has 0 saturated carbocycles. The van der Waals surface area contributed by atoms with Gasteiger partial charge in [-0.05, 0) is 25.8 Å². The molecule has 0 aliphatic heterocycles. The maximum absolute atomic E-state index is 5.78. The van der Waals surface area contributed by atoms with Crippen LogP contribution in [0.1, 0.15) is 49.4 Å². The number of rotatable bonds is 5. The van der Waals surface area contributed by atoms with Crippen molar-refractivity contribution in [2.45, 2.75) is 53.0 Å². The van der Waals surface area contributed by atoms with E-state index in [-0.39, 0.29) is 5.41 Å². The molecule has 2 heterocycles. The molecule has 0 aliphatic carbocycles. The molecule has 0 fully saturated rings. The summed E-state index contributed by atoms with van der Waals surface area (Å²) in [4.78, 5) is 8.56. The average Bonchev–Trinajstić information content (AvgIpc) is 3.10. The van der Waals surface area contributed by atoms with Crippen molar-refractivity contribution in [2.75, 3.05) is 13.6 Å². The minimum Gasteiger partial charge on any atom is -0.443 e. The van der Waals surface area contributed by atoms with Gasteiger partial charge in [0.15, 0.2) is 5.96 Å². The van der Waals surface area contributed by atoms with Crippen molar-refractivity contribution >= 4 is 5.96 Å². The molecule has 0 bridgehead atoms. The number of aryl methyl sites for hydroxylation is 2. The van der Waals surface area contributed by atoms with Crippen molar-refractivity contribution in [1.29, 1.82) is 0 Å². The lowest BCUT2D eigenvalue weighted by Crippen LogP contribution is -2.38. The molecule has 2 aromatic heterocycles. The minimum atomic E-state index is -0.0371. The first-order valence-electron chi connectivity index (χ1n) is 8.61. The highest BCUT2D eigenvalue weighted by atomic mass is 16.4. The Hall–Kier alpha value is -2.31. The summed E-state index contributed by atoms with van der Waals surface area (Å²) in [7, 11) is 3.73. The second-order valence-corrected chi connectivity index (χ2v) is 7.24.